The minimum Gasteiger partial charge on any atom is -0.466 e. The van der Waals surface area contributed by atoms with E-state index in [9.17, 15) is 4.79 Å². The summed E-state index contributed by atoms with van der Waals surface area (Å²) in [4.78, 5) is 11.3. The highest BCUT2D eigenvalue weighted by Crippen LogP contribution is 2.24. The van der Waals surface area contributed by atoms with Gasteiger partial charge in [0.15, 0.2) is 0 Å². The maximum atomic E-state index is 11.3. The number of alkyl halides is 1. The number of nitriles is 1. The van der Waals surface area contributed by atoms with Crippen LogP contribution in [0.1, 0.15) is 23.6 Å². The number of halogens is 2. The summed E-state index contributed by atoms with van der Waals surface area (Å²) in [7, 11) is 0. The van der Waals surface area contributed by atoms with Crippen molar-refractivity contribution in [1.82, 2.24) is 0 Å². The molecule has 0 radical (unpaired) electrons. The van der Waals surface area contributed by atoms with Gasteiger partial charge in [-0.2, -0.15) is 5.26 Å². The summed E-state index contributed by atoms with van der Waals surface area (Å²) in [6.07, 6.45) is 0.130. The molecule has 0 saturated heterocycles. The van der Waals surface area contributed by atoms with Crippen LogP contribution in [0.4, 0.5) is 0 Å². The summed E-state index contributed by atoms with van der Waals surface area (Å²) in [6.45, 7) is 2.09. The monoisotopic (exact) mass is 315 g/mol. The second-order valence-electron chi connectivity index (χ2n) is 3.33. The second kappa shape index (κ2) is 6.63. The van der Waals surface area contributed by atoms with Crippen molar-refractivity contribution in [3.8, 4) is 6.07 Å². The third kappa shape index (κ3) is 3.72. The van der Waals surface area contributed by atoms with E-state index in [-0.39, 0.29) is 12.4 Å². The normalized spacial score (nSPS) is 9.76. The zero-order valence-corrected chi connectivity index (χ0v) is 11.6. The van der Waals surface area contributed by atoms with E-state index in [4.69, 9.17) is 21.6 Å². The molecule has 1 rings (SSSR count). The molecule has 0 unspecified atom stereocenters. The molecule has 3 nitrogen and oxygen atoms in total. The first-order valence-electron chi connectivity index (χ1n) is 5.05. The Balaban J connectivity index is 3.00. The Bertz CT molecular complexity index is 468. The molecular formula is C12H11BrClNO2. The number of rotatable bonds is 4. The van der Waals surface area contributed by atoms with E-state index in [0.717, 1.165) is 5.56 Å². The fraction of sp³-hybridized carbons (Fsp3) is 0.333. The molecule has 1 aromatic carbocycles. The fourth-order valence-corrected chi connectivity index (χ4v) is 2.48. The number of nitrogens with zero attached hydrogens (tertiary/aromatic N) is 1. The van der Waals surface area contributed by atoms with Crippen molar-refractivity contribution in [1.29, 1.82) is 5.26 Å². The number of carbonyl (C=O) groups is 1. The lowest BCUT2D eigenvalue weighted by molar-refractivity contribution is -0.142. The number of carbonyl (C=O) groups excluding carboxylic acids is 1. The topological polar surface area (TPSA) is 50.1 Å². The van der Waals surface area contributed by atoms with E-state index in [1.807, 2.05) is 0 Å². The molecule has 0 aliphatic heterocycles. The number of benzene rings is 1. The lowest BCUT2D eigenvalue weighted by Crippen LogP contribution is -2.08. The van der Waals surface area contributed by atoms with Crippen LogP contribution in [-0.2, 0) is 21.3 Å². The van der Waals surface area contributed by atoms with E-state index >= 15 is 0 Å². The highest BCUT2D eigenvalue weighted by atomic mass is 79.9. The van der Waals surface area contributed by atoms with Gasteiger partial charge in [-0.25, -0.2) is 0 Å². The lowest BCUT2D eigenvalue weighted by Gasteiger charge is -2.07. The van der Waals surface area contributed by atoms with Crippen molar-refractivity contribution < 1.29 is 9.53 Å². The Morgan fingerprint density at radius 2 is 2.29 bits per heavy atom. The maximum absolute atomic E-state index is 11.3. The van der Waals surface area contributed by atoms with Gasteiger partial charge in [0.2, 0.25) is 0 Å². The first-order valence-corrected chi connectivity index (χ1v) is 6.55. The van der Waals surface area contributed by atoms with Crippen LogP contribution in [0.2, 0.25) is 5.02 Å². The standard InChI is InChI=1S/C12H11BrClNO2/c1-2-17-12(16)5-8-3-9(7-15)10(6-13)11(14)4-8/h3-4H,2,5-6H2,1H3. The van der Waals surface area contributed by atoms with Crippen LogP contribution in [0, 0.1) is 11.3 Å². The molecule has 0 spiro atoms. The Morgan fingerprint density at radius 3 is 2.82 bits per heavy atom. The smallest absolute Gasteiger partial charge is 0.310 e. The molecular weight excluding hydrogens is 305 g/mol. The Kier molecular flexibility index (Phi) is 5.46. The molecule has 0 fully saturated rings. The number of esters is 1. The Hall–Kier alpha value is -1.05. The number of hydrogen-bond acceptors (Lipinski definition) is 3. The second-order valence-corrected chi connectivity index (χ2v) is 4.30. The number of hydrogen-bond donors (Lipinski definition) is 0. The quantitative estimate of drug-likeness (QED) is 0.633. The van der Waals surface area contributed by atoms with Gasteiger partial charge in [-0.05, 0) is 30.2 Å². The minimum absolute atomic E-state index is 0.130. The molecule has 90 valence electrons. The maximum Gasteiger partial charge on any atom is 0.310 e. The van der Waals surface area contributed by atoms with Gasteiger partial charge in [0.1, 0.15) is 0 Å². The van der Waals surface area contributed by atoms with E-state index in [1.54, 1.807) is 19.1 Å². The molecule has 0 heterocycles. The van der Waals surface area contributed by atoms with Crippen LogP contribution in [0.25, 0.3) is 0 Å². The summed E-state index contributed by atoms with van der Waals surface area (Å²) >= 11 is 9.31. The largest absolute Gasteiger partial charge is 0.466 e. The predicted molar refractivity (Wildman–Crippen MR) is 69.1 cm³/mol. The van der Waals surface area contributed by atoms with Crippen molar-refractivity contribution in [2.75, 3.05) is 6.61 Å². The summed E-state index contributed by atoms with van der Waals surface area (Å²) < 4.78 is 4.84. The molecule has 0 bridgehead atoms. The van der Waals surface area contributed by atoms with Crippen LogP contribution >= 0.6 is 27.5 Å². The lowest BCUT2D eigenvalue weighted by atomic mass is 10.0. The third-order valence-corrected chi connectivity index (χ3v) is 3.06. The van der Waals surface area contributed by atoms with Gasteiger partial charge >= 0.3 is 5.97 Å². The molecule has 0 N–H and O–H groups in total. The molecule has 1 aromatic rings. The summed E-state index contributed by atoms with van der Waals surface area (Å²) in [5.41, 5.74) is 1.91. The predicted octanol–water partition coefficient (Wildman–Crippen LogP) is 3.21. The van der Waals surface area contributed by atoms with Gasteiger partial charge < -0.3 is 4.74 Å². The molecule has 0 aliphatic carbocycles. The highest BCUT2D eigenvalue weighted by Gasteiger charge is 2.11. The van der Waals surface area contributed by atoms with Crippen LogP contribution in [0.3, 0.4) is 0 Å². The summed E-state index contributed by atoms with van der Waals surface area (Å²) in [5, 5.41) is 9.98. The van der Waals surface area contributed by atoms with Crippen molar-refractivity contribution in [2.24, 2.45) is 0 Å². The van der Waals surface area contributed by atoms with Crippen molar-refractivity contribution in [2.45, 2.75) is 18.7 Å². The minimum atomic E-state index is -0.320. The van der Waals surface area contributed by atoms with Crippen molar-refractivity contribution >= 4 is 33.5 Å². The fourth-order valence-electron chi connectivity index (χ4n) is 1.41. The first-order chi connectivity index (χ1) is 8.12. The van der Waals surface area contributed by atoms with Crippen molar-refractivity contribution in [3.63, 3.8) is 0 Å². The van der Waals surface area contributed by atoms with Gasteiger partial charge in [0.25, 0.3) is 0 Å². The average Bonchev–Trinajstić information content (AvgIpc) is 2.28. The van der Waals surface area contributed by atoms with Gasteiger partial charge in [-0.15, -0.1) is 0 Å². The van der Waals surface area contributed by atoms with Crippen molar-refractivity contribution in [3.05, 3.63) is 33.8 Å². The SMILES string of the molecule is CCOC(=O)Cc1cc(Cl)c(CBr)c(C#N)c1. The van der Waals surface area contributed by atoms with E-state index in [2.05, 4.69) is 22.0 Å². The molecule has 0 aliphatic rings. The summed E-state index contributed by atoms with van der Waals surface area (Å²) in [5.74, 6) is -0.320. The van der Waals surface area contributed by atoms with Gasteiger partial charge in [-0.1, -0.05) is 27.5 Å². The van der Waals surface area contributed by atoms with Gasteiger partial charge in [0, 0.05) is 10.4 Å². The Morgan fingerprint density at radius 1 is 1.59 bits per heavy atom. The third-order valence-electron chi connectivity index (χ3n) is 2.16. The van der Waals surface area contributed by atoms with E-state index < -0.39 is 0 Å². The van der Waals surface area contributed by atoms with Crippen LogP contribution < -0.4 is 0 Å². The van der Waals surface area contributed by atoms with Crippen LogP contribution in [0.5, 0.6) is 0 Å². The zero-order chi connectivity index (χ0) is 12.8. The average molecular weight is 317 g/mol. The molecule has 17 heavy (non-hydrogen) atoms. The van der Waals surface area contributed by atoms with E-state index in [1.165, 1.54) is 0 Å². The highest BCUT2D eigenvalue weighted by molar-refractivity contribution is 9.08. The van der Waals surface area contributed by atoms with Gasteiger partial charge in [-0.3, -0.25) is 4.79 Å². The summed E-state index contributed by atoms with van der Waals surface area (Å²) in [6, 6.07) is 5.42. The molecule has 0 aromatic heterocycles. The molecule has 0 amide bonds. The zero-order valence-electron chi connectivity index (χ0n) is 9.30. The molecule has 0 atom stereocenters. The molecule has 0 saturated carbocycles. The van der Waals surface area contributed by atoms with Gasteiger partial charge in [0.05, 0.1) is 24.7 Å². The molecule has 5 heteroatoms. The van der Waals surface area contributed by atoms with E-state index in [0.29, 0.717) is 28.1 Å². The van der Waals surface area contributed by atoms with Crippen LogP contribution in [0.15, 0.2) is 12.1 Å². The Labute approximate surface area is 113 Å². The first kappa shape index (κ1) is 14.0. The number of ether oxygens (including phenoxy) is 1. The van der Waals surface area contributed by atoms with Crippen LogP contribution in [-0.4, -0.2) is 12.6 Å².